The first-order valence-corrected chi connectivity index (χ1v) is 6.54. The molecule has 0 radical (unpaired) electrons. The summed E-state index contributed by atoms with van der Waals surface area (Å²) in [5, 5.41) is 0. The quantitative estimate of drug-likeness (QED) is 0.561. The molecule has 0 N–H and O–H groups in total. The molecular weight excluding hydrogens is 220 g/mol. The van der Waals surface area contributed by atoms with Gasteiger partial charge in [-0.2, -0.15) is 0 Å². The van der Waals surface area contributed by atoms with E-state index in [2.05, 4.69) is 19.1 Å². The van der Waals surface area contributed by atoms with Crippen molar-refractivity contribution in [3.8, 4) is 0 Å². The number of carbonyl (C=O) groups is 1. The molecule has 0 saturated carbocycles. The van der Waals surface area contributed by atoms with Crippen LogP contribution in [0.3, 0.4) is 0 Å². The van der Waals surface area contributed by atoms with Crippen molar-refractivity contribution in [1.82, 2.24) is 0 Å². The van der Waals surface area contributed by atoms with Crippen LogP contribution in [0, 0.1) is 5.92 Å². The minimum Gasteiger partial charge on any atom is -0.466 e. The van der Waals surface area contributed by atoms with Crippen molar-refractivity contribution in [2.45, 2.75) is 25.2 Å². The first kappa shape index (κ1) is 13.1. The van der Waals surface area contributed by atoms with Gasteiger partial charge >= 0.3 is 5.97 Å². The van der Waals surface area contributed by atoms with Crippen LogP contribution in [-0.4, -0.2) is 18.3 Å². The molecule has 0 aliphatic heterocycles. The predicted molar refractivity (Wildman–Crippen MR) is 67.6 cm³/mol. The Morgan fingerprint density at radius 1 is 1.38 bits per heavy atom. The largest absolute Gasteiger partial charge is 0.466 e. The maximum absolute atomic E-state index is 11.2. The second kappa shape index (κ2) is 7.34. The fourth-order valence-corrected chi connectivity index (χ4v) is 2.26. The van der Waals surface area contributed by atoms with E-state index in [4.69, 9.17) is 4.74 Å². The molecule has 1 atom stereocenters. The van der Waals surface area contributed by atoms with Gasteiger partial charge in [0.2, 0.25) is 0 Å². The van der Waals surface area contributed by atoms with Crippen molar-refractivity contribution in [2.24, 2.45) is 5.92 Å². The first-order chi connectivity index (χ1) is 7.72. The molecule has 2 nitrogen and oxygen atoms in total. The molecule has 0 saturated heterocycles. The molecule has 1 aromatic rings. The zero-order valence-corrected chi connectivity index (χ0v) is 10.6. The third kappa shape index (κ3) is 5.21. The van der Waals surface area contributed by atoms with Crippen LogP contribution < -0.4 is 0 Å². The van der Waals surface area contributed by atoms with Gasteiger partial charge in [0, 0.05) is 17.1 Å². The van der Waals surface area contributed by atoms with Crippen molar-refractivity contribution >= 4 is 17.7 Å². The van der Waals surface area contributed by atoms with E-state index in [9.17, 15) is 4.79 Å². The van der Waals surface area contributed by atoms with Crippen LogP contribution in [0.5, 0.6) is 0 Å². The lowest BCUT2D eigenvalue weighted by Gasteiger charge is -2.09. The zero-order valence-electron chi connectivity index (χ0n) is 9.81. The molecule has 0 aromatic heterocycles. The molecule has 0 fully saturated rings. The molecule has 16 heavy (non-hydrogen) atoms. The third-order valence-electron chi connectivity index (χ3n) is 2.10. The summed E-state index contributed by atoms with van der Waals surface area (Å²) in [6.45, 7) is 4.38. The van der Waals surface area contributed by atoms with E-state index in [0.717, 1.165) is 5.75 Å². The Kier molecular flexibility index (Phi) is 6.01. The van der Waals surface area contributed by atoms with E-state index in [-0.39, 0.29) is 5.97 Å². The van der Waals surface area contributed by atoms with Crippen LogP contribution in [0.15, 0.2) is 35.2 Å². The summed E-state index contributed by atoms with van der Waals surface area (Å²) >= 11 is 1.78. The maximum Gasteiger partial charge on any atom is 0.306 e. The zero-order chi connectivity index (χ0) is 11.8. The molecule has 1 rings (SSSR count). The Morgan fingerprint density at radius 3 is 2.69 bits per heavy atom. The Balaban J connectivity index is 2.25. The van der Waals surface area contributed by atoms with Gasteiger partial charge in [0.15, 0.2) is 0 Å². The number of carbonyl (C=O) groups excluding carboxylic acids is 1. The Morgan fingerprint density at radius 2 is 2.06 bits per heavy atom. The molecule has 3 heteroatoms. The normalized spacial score (nSPS) is 12.1. The molecule has 88 valence electrons. The second-order valence-electron chi connectivity index (χ2n) is 3.74. The number of benzene rings is 1. The van der Waals surface area contributed by atoms with Crippen molar-refractivity contribution in [3.63, 3.8) is 0 Å². The van der Waals surface area contributed by atoms with E-state index >= 15 is 0 Å². The van der Waals surface area contributed by atoms with Gasteiger partial charge in [-0.1, -0.05) is 25.1 Å². The van der Waals surface area contributed by atoms with Crippen molar-refractivity contribution in [1.29, 1.82) is 0 Å². The molecule has 0 aliphatic carbocycles. The highest BCUT2D eigenvalue weighted by Crippen LogP contribution is 2.21. The number of hydrogen-bond acceptors (Lipinski definition) is 3. The summed E-state index contributed by atoms with van der Waals surface area (Å²) in [7, 11) is 0. The number of thioether (sulfide) groups is 1. The van der Waals surface area contributed by atoms with Crippen LogP contribution in [0.1, 0.15) is 20.3 Å². The first-order valence-electron chi connectivity index (χ1n) is 5.55. The molecule has 1 unspecified atom stereocenters. The van der Waals surface area contributed by atoms with Crippen molar-refractivity contribution in [3.05, 3.63) is 30.3 Å². The van der Waals surface area contributed by atoms with Crippen molar-refractivity contribution < 1.29 is 9.53 Å². The average Bonchev–Trinajstić information content (AvgIpc) is 2.28. The van der Waals surface area contributed by atoms with Gasteiger partial charge < -0.3 is 4.74 Å². The minimum absolute atomic E-state index is 0.0938. The van der Waals surface area contributed by atoms with Gasteiger partial charge in [0.05, 0.1) is 6.61 Å². The molecule has 0 amide bonds. The number of ether oxygens (including phenoxy) is 1. The van der Waals surface area contributed by atoms with Crippen LogP contribution in [0.25, 0.3) is 0 Å². The van der Waals surface area contributed by atoms with E-state index in [1.165, 1.54) is 4.90 Å². The van der Waals surface area contributed by atoms with Gasteiger partial charge in [0.25, 0.3) is 0 Å². The van der Waals surface area contributed by atoms with Gasteiger partial charge in [-0.15, -0.1) is 11.8 Å². The Bertz CT molecular complexity index is 311. The van der Waals surface area contributed by atoms with Crippen LogP contribution in [0.4, 0.5) is 0 Å². The highest BCUT2D eigenvalue weighted by molar-refractivity contribution is 7.99. The Hall–Kier alpha value is -0.960. The number of hydrogen-bond donors (Lipinski definition) is 0. The lowest BCUT2D eigenvalue weighted by molar-refractivity contribution is -0.143. The predicted octanol–water partition coefficient (Wildman–Crippen LogP) is 3.37. The molecule has 1 aromatic carbocycles. The molecular formula is C13H18O2S. The van der Waals surface area contributed by atoms with Crippen LogP contribution in [0.2, 0.25) is 0 Å². The van der Waals surface area contributed by atoms with E-state index in [1.54, 1.807) is 11.8 Å². The maximum atomic E-state index is 11.2. The fourth-order valence-electron chi connectivity index (χ4n) is 1.32. The van der Waals surface area contributed by atoms with E-state index in [0.29, 0.717) is 18.9 Å². The average molecular weight is 238 g/mol. The number of esters is 1. The highest BCUT2D eigenvalue weighted by atomic mass is 32.2. The van der Waals surface area contributed by atoms with Gasteiger partial charge in [0.1, 0.15) is 0 Å². The highest BCUT2D eigenvalue weighted by Gasteiger charge is 2.09. The summed E-state index contributed by atoms with van der Waals surface area (Å²) in [6, 6.07) is 10.2. The third-order valence-corrected chi connectivity index (χ3v) is 3.44. The van der Waals surface area contributed by atoms with Gasteiger partial charge in [-0.05, 0) is 25.0 Å². The topological polar surface area (TPSA) is 26.3 Å². The lowest BCUT2D eigenvalue weighted by Crippen LogP contribution is -2.10. The monoisotopic (exact) mass is 238 g/mol. The summed E-state index contributed by atoms with van der Waals surface area (Å²) < 4.78 is 4.92. The summed E-state index contributed by atoms with van der Waals surface area (Å²) in [4.78, 5) is 12.5. The van der Waals surface area contributed by atoms with Gasteiger partial charge in [-0.3, -0.25) is 4.79 Å². The molecule has 0 spiro atoms. The minimum atomic E-state index is -0.0938. The lowest BCUT2D eigenvalue weighted by atomic mass is 10.1. The Labute approximate surface area is 101 Å². The summed E-state index contributed by atoms with van der Waals surface area (Å²) in [5.74, 6) is 1.20. The molecule has 0 bridgehead atoms. The fraction of sp³-hybridized carbons (Fsp3) is 0.462. The summed E-state index contributed by atoms with van der Waals surface area (Å²) in [5.41, 5.74) is 0. The molecule has 0 heterocycles. The van der Waals surface area contributed by atoms with Crippen LogP contribution in [-0.2, 0) is 9.53 Å². The van der Waals surface area contributed by atoms with E-state index < -0.39 is 0 Å². The van der Waals surface area contributed by atoms with Crippen molar-refractivity contribution in [2.75, 3.05) is 12.4 Å². The standard InChI is InChI=1S/C13H18O2S/c1-3-15-13(14)9-11(2)10-16-12-7-5-4-6-8-12/h4-8,11H,3,9-10H2,1-2H3. The van der Waals surface area contributed by atoms with Gasteiger partial charge in [-0.25, -0.2) is 0 Å². The SMILES string of the molecule is CCOC(=O)CC(C)CSc1ccccc1. The smallest absolute Gasteiger partial charge is 0.306 e. The second-order valence-corrected chi connectivity index (χ2v) is 4.83. The van der Waals surface area contributed by atoms with E-state index in [1.807, 2.05) is 25.1 Å². The number of rotatable bonds is 6. The molecule has 0 aliphatic rings. The van der Waals surface area contributed by atoms with Crippen LogP contribution >= 0.6 is 11.8 Å². The summed E-state index contributed by atoms with van der Waals surface area (Å²) in [6.07, 6.45) is 0.508.